The first-order valence-electron chi connectivity index (χ1n) is 10.1. The van der Waals surface area contributed by atoms with E-state index in [1.807, 2.05) is 30.3 Å². The van der Waals surface area contributed by atoms with Crippen LogP contribution in [0.3, 0.4) is 0 Å². The van der Waals surface area contributed by atoms with Crippen LogP contribution in [0.2, 0.25) is 0 Å². The van der Waals surface area contributed by atoms with Crippen LogP contribution >= 0.6 is 0 Å². The van der Waals surface area contributed by atoms with Gasteiger partial charge >= 0.3 is 6.03 Å². The highest BCUT2D eigenvalue weighted by Crippen LogP contribution is 2.05. The van der Waals surface area contributed by atoms with Crippen LogP contribution in [0, 0.1) is 0 Å². The van der Waals surface area contributed by atoms with Crippen LogP contribution in [0.4, 0.5) is 4.79 Å². The summed E-state index contributed by atoms with van der Waals surface area (Å²) in [6.07, 6.45) is 8.64. The minimum atomic E-state index is -0.701. The lowest BCUT2D eigenvalue weighted by molar-refractivity contribution is -0.122. The first-order valence-corrected chi connectivity index (χ1v) is 10.1. The van der Waals surface area contributed by atoms with Crippen LogP contribution < -0.4 is 16.4 Å². The van der Waals surface area contributed by atoms with Gasteiger partial charge in [-0.1, -0.05) is 69.4 Å². The van der Waals surface area contributed by atoms with Crippen molar-refractivity contribution in [3.8, 4) is 0 Å². The predicted molar refractivity (Wildman–Crippen MR) is 108 cm³/mol. The second-order valence-electron chi connectivity index (χ2n) is 6.78. The summed E-state index contributed by atoms with van der Waals surface area (Å²) in [4.78, 5) is 23.5. The number of primary amides is 1. The fourth-order valence-electron chi connectivity index (χ4n) is 2.83. The van der Waals surface area contributed by atoms with Gasteiger partial charge in [0.2, 0.25) is 5.91 Å². The van der Waals surface area contributed by atoms with Crippen LogP contribution in [-0.2, 0) is 16.0 Å². The van der Waals surface area contributed by atoms with Crippen molar-refractivity contribution in [3.63, 3.8) is 0 Å². The number of ether oxygens (including phenoxy) is 1. The Hall–Kier alpha value is -2.08. The molecule has 0 heterocycles. The molecule has 0 saturated carbocycles. The zero-order valence-corrected chi connectivity index (χ0v) is 16.5. The van der Waals surface area contributed by atoms with Crippen LogP contribution in [0.1, 0.15) is 57.4 Å². The number of rotatable bonds is 15. The summed E-state index contributed by atoms with van der Waals surface area (Å²) < 4.78 is 5.60. The van der Waals surface area contributed by atoms with Crippen molar-refractivity contribution >= 4 is 11.9 Å². The summed E-state index contributed by atoms with van der Waals surface area (Å²) >= 11 is 0. The minimum absolute atomic E-state index is 0.228. The van der Waals surface area contributed by atoms with Gasteiger partial charge < -0.3 is 21.1 Å². The highest BCUT2D eigenvalue weighted by atomic mass is 16.5. The monoisotopic (exact) mass is 377 g/mol. The molecule has 0 aromatic heterocycles. The molecule has 0 aliphatic carbocycles. The number of nitrogens with one attached hydrogen (secondary N) is 2. The molecule has 27 heavy (non-hydrogen) atoms. The maximum Gasteiger partial charge on any atom is 0.312 e. The van der Waals surface area contributed by atoms with E-state index in [4.69, 9.17) is 10.5 Å². The maximum absolute atomic E-state index is 12.3. The summed E-state index contributed by atoms with van der Waals surface area (Å²) in [6, 6.07) is 8.16. The second-order valence-corrected chi connectivity index (χ2v) is 6.78. The Bertz CT molecular complexity index is 523. The largest absolute Gasteiger partial charge is 0.381 e. The summed E-state index contributed by atoms with van der Waals surface area (Å²) in [5.41, 5.74) is 6.16. The molecule has 0 saturated heterocycles. The fraction of sp³-hybridized carbons (Fsp3) is 0.619. The SMILES string of the molecule is CCCCCCCCOCCCNC(=O)C(Cc1ccccc1)NC(N)=O. The van der Waals surface area contributed by atoms with Gasteiger partial charge in [-0.15, -0.1) is 0 Å². The number of unbranched alkanes of at least 4 members (excludes halogenated alkanes) is 5. The Balaban J connectivity index is 2.15. The van der Waals surface area contributed by atoms with Gasteiger partial charge in [0.1, 0.15) is 6.04 Å². The van der Waals surface area contributed by atoms with E-state index >= 15 is 0 Å². The number of hydrogen-bond acceptors (Lipinski definition) is 3. The minimum Gasteiger partial charge on any atom is -0.381 e. The van der Waals surface area contributed by atoms with E-state index < -0.39 is 12.1 Å². The average molecular weight is 378 g/mol. The Morgan fingerprint density at radius 2 is 1.67 bits per heavy atom. The van der Waals surface area contributed by atoms with Crippen molar-refractivity contribution in [1.29, 1.82) is 0 Å². The molecule has 3 amide bonds. The van der Waals surface area contributed by atoms with Gasteiger partial charge in [0.05, 0.1) is 0 Å². The first-order chi connectivity index (χ1) is 13.1. The topological polar surface area (TPSA) is 93.4 Å². The number of benzene rings is 1. The predicted octanol–water partition coefficient (Wildman–Crippen LogP) is 3.15. The van der Waals surface area contributed by atoms with Crippen LogP contribution in [0.5, 0.6) is 0 Å². The molecule has 1 aromatic rings. The van der Waals surface area contributed by atoms with Crippen molar-refractivity contribution in [3.05, 3.63) is 35.9 Å². The maximum atomic E-state index is 12.3. The first kappa shape index (κ1) is 23.0. The normalized spacial score (nSPS) is 11.7. The number of amides is 3. The molecule has 1 unspecified atom stereocenters. The lowest BCUT2D eigenvalue weighted by Gasteiger charge is -2.17. The highest BCUT2D eigenvalue weighted by Gasteiger charge is 2.19. The van der Waals surface area contributed by atoms with Gasteiger partial charge in [-0.05, 0) is 18.4 Å². The summed E-state index contributed by atoms with van der Waals surface area (Å²) in [6.45, 7) is 4.14. The highest BCUT2D eigenvalue weighted by molar-refractivity contribution is 5.86. The summed E-state index contributed by atoms with van der Waals surface area (Å²) in [5, 5.41) is 5.36. The molecule has 4 N–H and O–H groups in total. The molecule has 0 aliphatic rings. The summed E-state index contributed by atoms with van der Waals surface area (Å²) in [5.74, 6) is -0.228. The quantitative estimate of drug-likeness (QED) is 0.410. The van der Waals surface area contributed by atoms with Gasteiger partial charge in [-0.2, -0.15) is 0 Å². The number of hydrogen-bond donors (Lipinski definition) is 3. The van der Waals surface area contributed by atoms with Crippen molar-refractivity contribution in [2.75, 3.05) is 19.8 Å². The van der Waals surface area contributed by atoms with Crippen LogP contribution in [0.15, 0.2) is 30.3 Å². The zero-order valence-electron chi connectivity index (χ0n) is 16.5. The molecule has 1 atom stereocenters. The Morgan fingerprint density at radius 3 is 2.37 bits per heavy atom. The Kier molecular flexibility index (Phi) is 12.8. The average Bonchev–Trinajstić information content (AvgIpc) is 2.66. The van der Waals surface area contributed by atoms with Gasteiger partial charge in [0.15, 0.2) is 0 Å². The number of nitrogens with two attached hydrogens (primary N) is 1. The van der Waals surface area contributed by atoms with Gasteiger partial charge in [-0.25, -0.2) is 4.79 Å². The van der Waals surface area contributed by atoms with Gasteiger partial charge in [-0.3, -0.25) is 4.79 Å². The molecule has 0 aliphatic heterocycles. The standard InChI is InChI=1S/C21H35N3O3/c1-2-3-4-5-6-10-15-27-16-11-14-23-20(25)19(24-21(22)26)17-18-12-8-7-9-13-18/h7-9,12-13,19H,2-6,10-11,14-17H2,1H3,(H,23,25)(H3,22,24,26). The fourth-order valence-corrected chi connectivity index (χ4v) is 2.83. The lowest BCUT2D eigenvalue weighted by Crippen LogP contribution is -2.50. The van der Waals surface area contributed by atoms with Crippen LogP contribution in [0.25, 0.3) is 0 Å². The van der Waals surface area contributed by atoms with Crippen molar-refractivity contribution < 1.29 is 14.3 Å². The van der Waals surface area contributed by atoms with Gasteiger partial charge in [0.25, 0.3) is 0 Å². The molecule has 152 valence electrons. The molecule has 0 radical (unpaired) electrons. The second kappa shape index (κ2) is 15.0. The van der Waals surface area contributed by atoms with E-state index in [-0.39, 0.29) is 5.91 Å². The zero-order chi connectivity index (χ0) is 19.7. The van der Waals surface area contributed by atoms with Gasteiger partial charge in [0, 0.05) is 26.2 Å². The van der Waals surface area contributed by atoms with Crippen molar-refractivity contribution in [1.82, 2.24) is 10.6 Å². The van der Waals surface area contributed by atoms with E-state index in [1.54, 1.807) is 0 Å². The molecule has 6 nitrogen and oxygen atoms in total. The van der Waals surface area contributed by atoms with Crippen LogP contribution in [-0.4, -0.2) is 37.7 Å². The summed E-state index contributed by atoms with van der Waals surface area (Å²) in [7, 11) is 0. The third-order valence-electron chi connectivity index (χ3n) is 4.32. The molecular weight excluding hydrogens is 342 g/mol. The number of carbonyl (C=O) groups is 2. The van der Waals surface area contributed by atoms with Crippen molar-refractivity contribution in [2.24, 2.45) is 5.73 Å². The van der Waals surface area contributed by atoms with E-state index in [0.29, 0.717) is 19.6 Å². The smallest absolute Gasteiger partial charge is 0.312 e. The van der Waals surface area contributed by atoms with Crippen molar-refractivity contribution in [2.45, 2.75) is 64.3 Å². The Morgan fingerprint density at radius 1 is 1.00 bits per heavy atom. The van der Waals surface area contributed by atoms with E-state index in [9.17, 15) is 9.59 Å². The molecule has 0 bridgehead atoms. The number of urea groups is 1. The Labute approximate surface area is 163 Å². The van der Waals surface area contributed by atoms with E-state index in [0.717, 1.165) is 25.0 Å². The molecule has 0 fully saturated rings. The molecular formula is C21H35N3O3. The molecule has 6 heteroatoms. The van der Waals surface area contributed by atoms with E-state index in [2.05, 4.69) is 17.6 Å². The van der Waals surface area contributed by atoms with E-state index in [1.165, 1.54) is 32.1 Å². The third kappa shape index (κ3) is 12.0. The third-order valence-corrected chi connectivity index (χ3v) is 4.32. The number of carbonyl (C=O) groups excluding carboxylic acids is 2. The molecule has 1 aromatic carbocycles. The lowest BCUT2D eigenvalue weighted by atomic mass is 10.1. The molecule has 1 rings (SSSR count). The molecule has 0 spiro atoms.